The molecule has 0 spiro atoms. The molecule has 2 fully saturated rings. The number of amides is 1. The summed E-state index contributed by atoms with van der Waals surface area (Å²) in [5.74, 6) is 0.0936. The summed E-state index contributed by atoms with van der Waals surface area (Å²) >= 11 is 0. The number of carbonyl (C=O) groups is 2. The number of piperidine rings is 1. The van der Waals surface area contributed by atoms with E-state index in [9.17, 15) is 22.8 Å². The van der Waals surface area contributed by atoms with E-state index < -0.39 is 23.6 Å². The van der Waals surface area contributed by atoms with Gasteiger partial charge >= 0.3 is 6.18 Å². The summed E-state index contributed by atoms with van der Waals surface area (Å²) in [7, 11) is 0. The molecule has 0 aromatic heterocycles. The molecule has 33 heavy (non-hydrogen) atoms. The Balaban J connectivity index is 1.19. The van der Waals surface area contributed by atoms with Crippen molar-refractivity contribution in [1.82, 2.24) is 4.90 Å². The lowest BCUT2D eigenvalue weighted by Crippen LogP contribution is -2.41. The molecule has 2 aliphatic heterocycles. The van der Waals surface area contributed by atoms with Crippen LogP contribution in [0, 0.1) is 11.8 Å². The quantitative estimate of drug-likeness (QED) is 0.622. The molecule has 2 heterocycles. The Morgan fingerprint density at radius 1 is 0.939 bits per heavy atom. The summed E-state index contributed by atoms with van der Waals surface area (Å²) in [6.07, 6.45) is -2.92. The van der Waals surface area contributed by atoms with Gasteiger partial charge in [-0.15, -0.1) is 0 Å². The maximum atomic E-state index is 13.3. The Labute approximate surface area is 189 Å². The van der Waals surface area contributed by atoms with Crippen molar-refractivity contribution < 1.29 is 32.2 Å². The molecule has 174 valence electrons. The molecule has 3 aliphatic rings. The molecule has 0 radical (unpaired) electrons. The second-order valence-electron chi connectivity index (χ2n) is 8.86. The van der Waals surface area contributed by atoms with E-state index in [1.54, 1.807) is 29.2 Å². The normalized spacial score (nSPS) is 22.7. The highest BCUT2D eigenvalue weighted by atomic mass is 19.4. The van der Waals surface area contributed by atoms with E-state index in [2.05, 4.69) is 0 Å². The van der Waals surface area contributed by atoms with Crippen molar-refractivity contribution in [3.05, 3.63) is 59.2 Å². The Bertz CT molecular complexity index is 1080. The number of alkyl halides is 3. The largest absolute Gasteiger partial charge is 0.486 e. The highest BCUT2D eigenvalue weighted by Gasteiger charge is 2.49. The predicted molar refractivity (Wildman–Crippen MR) is 113 cm³/mol. The first-order chi connectivity index (χ1) is 15.8. The molecule has 1 amide bonds. The first-order valence-corrected chi connectivity index (χ1v) is 11.2. The fourth-order valence-corrected chi connectivity index (χ4v) is 4.92. The number of Topliss-reactive ketones (excluding diaryl/α,β-unsaturated/α-hetero) is 1. The van der Waals surface area contributed by atoms with Crippen LogP contribution < -0.4 is 9.47 Å². The third kappa shape index (κ3) is 4.30. The number of rotatable bonds is 4. The molecule has 2 atom stereocenters. The minimum absolute atomic E-state index is 0.0162. The van der Waals surface area contributed by atoms with Crippen LogP contribution in [0.1, 0.15) is 46.7 Å². The molecule has 1 saturated carbocycles. The van der Waals surface area contributed by atoms with E-state index >= 15 is 0 Å². The summed E-state index contributed by atoms with van der Waals surface area (Å²) in [5, 5.41) is 0. The van der Waals surface area contributed by atoms with Gasteiger partial charge in [0, 0.05) is 30.5 Å². The van der Waals surface area contributed by atoms with Gasteiger partial charge in [0.25, 0.3) is 0 Å². The fourth-order valence-electron chi connectivity index (χ4n) is 4.92. The van der Waals surface area contributed by atoms with Gasteiger partial charge in [0.2, 0.25) is 5.91 Å². The van der Waals surface area contributed by atoms with Gasteiger partial charge in [-0.25, -0.2) is 0 Å². The number of fused-ring (bicyclic) bond motifs is 1. The van der Waals surface area contributed by atoms with Gasteiger partial charge in [0.05, 0.1) is 5.56 Å². The zero-order chi connectivity index (χ0) is 23.2. The van der Waals surface area contributed by atoms with Crippen molar-refractivity contribution in [1.29, 1.82) is 0 Å². The molecule has 0 N–H and O–H groups in total. The topological polar surface area (TPSA) is 55.8 Å². The van der Waals surface area contributed by atoms with Crippen molar-refractivity contribution in [2.45, 2.75) is 31.4 Å². The van der Waals surface area contributed by atoms with Crippen LogP contribution >= 0.6 is 0 Å². The number of likely N-dealkylation sites (tertiary alicyclic amines) is 1. The molecular weight excluding hydrogens is 435 g/mol. The first-order valence-electron chi connectivity index (χ1n) is 11.2. The lowest BCUT2D eigenvalue weighted by atomic mass is 9.88. The van der Waals surface area contributed by atoms with Gasteiger partial charge < -0.3 is 14.4 Å². The molecule has 0 bridgehead atoms. The third-order valence-corrected chi connectivity index (χ3v) is 6.78. The van der Waals surface area contributed by atoms with Crippen molar-refractivity contribution in [3.63, 3.8) is 0 Å². The molecule has 8 heteroatoms. The number of hydrogen-bond acceptors (Lipinski definition) is 4. The van der Waals surface area contributed by atoms with Crippen molar-refractivity contribution in [3.8, 4) is 11.5 Å². The highest BCUT2D eigenvalue weighted by molar-refractivity contribution is 5.98. The van der Waals surface area contributed by atoms with Gasteiger partial charge in [-0.3, -0.25) is 9.59 Å². The second-order valence-corrected chi connectivity index (χ2v) is 8.86. The summed E-state index contributed by atoms with van der Waals surface area (Å²) in [5.41, 5.74) is 0.107. The SMILES string of the molecule is O=C(c1ccc2c(c1)OCCO2)C1CCN(C(=O)C2CC2c2ccccc2C(F)(F)F)CC1. The number of nitrogens with zero attached hydrogens (tertiary/aromatic N) is 1. The van der Waals surface area contributed by atoms with Crippen LogP contribution in [0.3, 0.4) is 0 Å². The lowest BCUT2D eigenvalue weighted by Gasteiger charge is -2.32. The summed E-state index contributed by atoms with van der Waals surface area (Å²) in [6, 6.07) is 10.7. The molecule has 2 unspecified atom stereocenters. The molecular formula is C25H24F3NO4. The van der Waals surface area contributed by atoms with Gasteiger partial charge in [0.15, 0.2) is 17.3 Å². The van der Waals surface area contributed by atoms with Gasteiger partial charge in [-0.05, 0) is 55.0 Å². The van der Waals surface area contributed by atoms with Gasteiger partial charge in [-0.2, -0.15) is 13.2 Å². The van der Waals surface area contributed by atoms with E-state index in [-0.39, 0.29) is 23.2 Å². The number of benzene rings is 2. The van der Waals surface area contributed by atoms with Crippen LogP contribution in [0.4, 0.5) is 13.2 Å². The van der Waals surface area contributed by atoms with Crippen LogP contribution in [0.2, 0.25) is 0 Å². The van der Waals surface area contributed by atoms with Crippen molar-refractivity contribution >= 4 is 11.7 Å². The third-order valence-electron chi connectivity index (χ3n) is 6.78. The zero-order valence-electron chi connectivity index (χ0n) is 17.9. The molecule has 1 aliphatic carbocycles. The van der Waals surface area contributed by atoms with Gasteiger partial charge in [-0.1, -0.05) is 18.2 Å². The average Bonchev–Trinajstić information content (AvgIpc) is 3.63. The van der Waals surface area contributed by atoms with Crippen LogP contribution in [-0.2, 0) is 11.0 Å². The van der Waals surface area contributed by atoms with E-state index in [4.69, 9.17) is 9.47 Å². The zero-order valence-corrected chi connectivity index (χ0v) is 17.9. The maximum absolute atomic E-state index is 13.3. The molecule has 2 aromatic carbocycles. The number of carbonyl (C=O) groups excluding carboxylic acids is 2. The standard InChI is InChI=1S/C25H24F3NO4/c26-25(27,28)20-4-2-1-3-17(20)18-14-19(18)24(31)29-9-7-15(8-10-29)23(30)16-5-6-21-22(13-16)33-12-11-32-21/h1-6,13,15,18-19H,7-12,14H2. The van der Waals surface area contributed by atoms with Crippen LogP contribution in [0.15, 0.2) is 42.5 Å². The minimum Gasteiger partial charge on any atom is -0.486 e. The smallest absolute Gasteiger partial charge is 0.416 e. The van der Waals surface area contributed by atoms with Crippen molar-refractivity contribution in [2.75, 3.05) is 26.3 Å². The molecule has 1 saturated heterocycles. The summed E-state index contributed by atoms with van der Waals surface area (Å²) < 4.78 is 51.0. The van der Waals surface area contributed by atoms with E-state index in [1.807, 2.05) is 0 Å². The molecule has 5 rings (SSSR count). The van der Waals surface area contributed by atoms with Crippen molar-refractivity contribution in [2.24, 2.45) is 11.8 Å². The van der Waals surface area contributed by atoms with Crippen LogP contribution in [0.5, 0.6) is 11.5 Å². The number of ketones is 1. The fraction of sp³-hybridized carbons (Fsp3) is 0.440. The van der Waals surface area contributed by atoms with Crippen LogP contribution in [-0.4, -0.2) is 42.9 Å². The first kappa shape index (κ1) is 21.8. The van der Waals surface area contributed by atoms with Gasteiger partial charge in [0.1, 0.15) is 13.2 Å². The Morgan fingerprint density at radius 2 is 1.64 bits per heavy atom. The second kappa shape index (κ2) is 8.39. The summed E-state index contributed by atoms with van der Waals surface area (Å²) in [6.45, 7) is 1.80. The van der Waals surface area contributed by atoms with E-state index in [0.29, 0.717) is 62.6 Å². The van der Waals surface area contributed by atoms with E-state index in [1.165, 1.54) is 12.1 Å². The van der Waals surface area contributed by atoms with E-state index in [0.717, 1.165) is 6.07 Å². The maximum Gasteiger partial charge on any atom is 0.416 e. The molecule has 2 aromatic rings. The number of ether oxygens (including phenoxy) is 2. The average molecular weight is 459 g/mol. The lowest BCUT2D eigenvalue weighted by molar-refractivity contribution is -0.139. The predicted octanol–water partition coefficient (Wildman–Crippen LogP) is 4.70. The Morgan fingerprint density at radius 3 is 2.36 bits per heavy atom. The molecule has 5 nitrogen and oxygen atoms in total. The number of hydrogen-bond donors (Lipinski definition) is 0. The van der Waals surface area contributed by atoms with Crippen LogP contribution in [0.25, 0.3) is 0 Å². The Kier molecular flexibility index (Phi) is 5.54. The Hall–Kier alpha value is -3.03. The number of halogens is 3. The highest BCUT2D eigenvalue weighted by Crippen LogP contribution is 2.52. The monoisotopic (exact) mass is 459 g/mol. The minimum atomic E-state index is -4.43. The summed E-state index contributed by atoms with van der Waals surface area (Å²) in [4.78, 5) is 27.6.